The summed E-state index contributed by atoms with van der Waals surface area (Å²) in [6.07, 6.45) is -0.480. The van der Waals surface area contributed by atoms with Gasteiger partial charge >= 0.3 is 6.09 Å². The Balaban J connectivity index is 1.46. The van der Waals surface area contributed by atoms with Gasteiger partial charge in [-0.25, -0.2) is 4.79 Å². The third-order valence-electron chi connectivity index (χ3n) is 4.87. The number of anilines is 2. The highest BCUT2D eigenvalue weighted by atomic mass is 16.6. The van der Waals surface area contributed by atoms with E-state index in [0.29, 0.717) is 49.3 Å². The Hall–Kier alpha value is -3.21. The van der Waals surface area contributed by atoms with Gasteiger partial charge in [0.25, 0.3) is 5.69 Å². The van der Waals surface area contributed by atoms with Crippen molar-refractivity contribution in [3.8, 4) is 0 Å². The molecule has 0 radical (unpaired) electrons. The van der Waals surface area contributed by atoms with E-state index >= 15 is 0 Å². The molecule has 0 aliphatic carbocycles. The molecule has 0 N–H and O–H groups in total. The molecule has 11 nitrogen and oxygen atoms in total. The number of hydrogen-bond donors (Lipinski definition) is 0. The Labute approximate surface area is 160 Å². The van der Waals surface area contributed by atoms with E-state index in [1.165, 1.54) is 11.0 Å². The highest BCUT2D eigenvalue weighted by molar-refractivity contribution is 5.90. The van der Waals surface area contributed by atoms with Crippen molar-refractivity contribution in [1.29, 1.82) is 0 Å². The van der Waals surface area contributed by atoms with Crippen LogP contribution in [0.5, 0.6) is 0 Å². The summed E-state index contributed by atoms with van der Waals surface area (Å²) in [6.45, 7) is 5.73. The van der Waals surface area contributed by atoms with Crippen LogP contribution < -0.4 is 9.80 Å². The topological polar surface area (TPSA) is 118 Å². The number of nitrogens with zero attached hydrogens (tertiary/aromatic N) is 6. The molecule has 0 bridgehead atoms. The van der Waals surface area contributed by atoms with Gasteiger partial charge < -0.3 is 14.2 Å². The number of carbonyl (C=O) groups is 1. The molecule has 0 atom stereocenters. The maximum absolute atomic E-state index is 11.7. The van der Waals surface area contributed by atoms with Crippen LogP contribution in [0, 0.1) is 17.0 Å². The van der Waals surface area contributed by atoms with E-state index < -0.39 is 11.0 Å². The van der Waals surface area contributed by atoms with Crippen LogP contribution in [-0.2, 0) is 11.3 Å². The summed E-state index contributed by atoms with van der Waals surface area (Å²) in [7, 11) is 0. The second-order valence-corrected chi connectivity index (χ2v) is 6.69. The smallest absolute Gasteiger partial charge is 0.414 e. The van der Waals surface area contributed by atoms with Gasteiger partial charge in [-0.1, -0.05) is 5.16 Å². The van der Waals surface area contributed by atoms with Gasteiger partial charge in [-0.2, -0.15) is 4.98 Å². The number of ether oxygens (including phenoxy) is 1. The van der Waals surface area contributed by atoms with Crippen molar-refractivity contribution in [3.63, 3.8) is 0 Å². The molecule has 28 heavy (non-hydrogen) atoms. The van der Waals surface area contributed by atoms with Gasteiger partial charge in [-0.3, -0.25) is 19.9 Å². The summed E-state index contributed by atoms with van der Waals surface area (Å²) in [6, 6.07) is 4.87. The maximum Gasteiger partial charge on any atom is 0.414 e. The van der Waals surface area contributed by atoms with E-state index in [1.807, 2.05) is 4.90 Å². The number of benzene rings is 1. The first-order valence-electron chi connectivity index (χ1n) is 9.00. The fourth-order valence-corrected chi connectivity index (χ4v) is 3.46. The van der Waals surface area contributed by atoms with Crippen LogP contribution >= 0.6 is 0 Å². The van der Waals surface area contributed by atoms with E-state index in [2.05, 4.69) is 15.0 Å². The number of nitro groups is 1. The van der Waals surface area contributed by atoms with Gasteiger partial charge in [0.1, 0.15) is 12.3 Å². The van der Waals surface area contributed by atoms with Gasteiger partial charge in [0, 0.05) is 32.2 Å². The van der Waals surface area contributed by atoms with Crippen molar-refractivity contribution in [3.05, 3.63) is 40.0 Å². The molecule has 2 aromatic rings. The fraction of sp³-hybridized carbons (Fsp3) is 0.471. The number of carbonyl (C=O) groups excluding carboxylic acids is 1. The SMILES string of the molecule is Cc1noc(CN2CCN(c3ccc(N4CCOC4=O)cc3[N+](=O)[O-])CC2)n1. The Kier molecular flexibility index (Phi) is 4.82. The molecule has 2 saturated heterocycles. The molecular formula is C17H20N6O5. The van der Waals surface area contributed by atoms with Crippen LogP contribution in [0.2, 0.25) is 0 Å². The van der Waals surface area contributed by atoms with Crippen molar-refractivity contribution < 1.29 is 19.0 Å². The Morgan fingerprint density at radius 2 is 2.00 bits per heavy atom. The highest BCUT2D eigenvalue weighted by Gasteiger charge is 2.29. The predicted molar refractivity (Wildman–Crippen MR) is 98.3 cm³/mol. The first-order chi connectivity index (χ1) is 13.5. The van der Waals surface area contributed by atoms with Gasteiger partial charge in [0.05, 0.1) is 23.7 Å². The summed E-state index contributed by atoms with van der Waals surface area (Å²) in [5.74, 6) is 1.17. The number of amides is 1. The molecule has 2 aliphatic rings. The lowest BCUT2D eigenvalue weighted by Gasteiger charge is -2.35. The van der Waals surface area contributed by atoms with Crippen LogP contribution in [0.15, 0.2) is 22.7 Å². The summed E-state index contributed by atoms with van der Waals surface area (Å²) in [5.41, 5.74) is 1.01. The van der Waals surface area contributed by atoms with E-state index in [-0.39, 0.29) is 12.3 Å². The molecule has 0 saturated carbocycles. The van der Waals surface area contributed by atoms with Crippen LogP contribution in [-0.4, -0.2) is 65.4 Å². The third-order valence-corrected chi connectivity index (χ3v) is 4.87. The molecule has 0 spiro atoms. The normalized spacial score (nSPS) is 17.8. The van der Waals surface area contributed by atoms with E-state index in [1.54, 1.807) is 19.1 Å². The molecule has 1 aromatic carbocycles. The van der Waals surface area contributed by atoms with E-state index in [9.17, 15) is 14.9 Å². The number of aromatic nitrogens is 2. The average molecular weight is 388 g/mol. The minimum absolute atomic E-state index is 0.0156. The van der Waals surface area contributed by atoms with Crippen LogP contribution in [0.1, 0.15) is 11.7 Å². The molecule has 0 unspecified atom stereocenters. The predicted octanol–water partition coefficient (Wildman–Crippen LogP) is 1.57. The van der Waals surface area contributed by atoms with Crippen LogP contribution in [0.4, 0.5) is 21.9 Å². The first-order valence-corrected chi connectivity index (χ1v) is 9.00. The van der Waals surface area contributed by atoms with Gasteiger partial charge in [0.2, 0.25) is 5.89 Å². The Bertz CT molecular complexity index is 892. The van der Waals surface area contributed by atoms with Gasteiger partial charge in [-0.05, 0) is 19.1 Å². The summed E-state index contributed by atoms with van der Waals surface area (Å²) >= 11 is 0. The van der Waals surface area contributed by atoms with Crippen LogP contribution in [0.25, 0.3) is 0 Å². The van der Waals surface area contributed by atoms with Crippen molar-refractivity contribution >= 4 is 23.2 Å². The third kappa shape index (κ3) is 3.60. The second-order valence-electron chi connectivity index (χ2n) is 6.69. The molecule has 11 heteroatoms. The molecule has 2 fully saturated rings. The molecule has 1 amide bonds. The second kappa shape index (κ2) is 7.43. The zero-order chi connectivity index (χ0) is 19.7. The number of hydrogen-bond acceptors (Lipinski definition) is 9. The van der Waals surface area contributed by atoms with Crippen molar-refractivity contribution in [2.75, 3.05) is 49.1 Å². The summed E-state index contributed by atoms with van der Waals surface area (Å²) < 4.78 is 10.1. The average Bonchev–Trinajstić information content (AvgIpc) is 3.30. The maximum atomic E-state index is 11.7. The number of cyclic esters (lactones) is 1. The molecule has 4 rings (SSSR count). The van der Waals surface area contributed by atoms with Crippen molar-refractivity contribution in [1.82, 2.24) is 15.0 Å². The standard InChI is InChI=1S/C17H20N6O5/c1-12-18-16(28-19-12)11-20-4-6-21(7-5-20)14-3-2-13(10-15(14)23(25)26)22-8-9-27-17(22)24/h2-3,10H,4-9,11H2,1H3. The lowest BCUT2D eigenvalue weighted by molar-refractivity contribution is -0.384. The summed E-state index contributed by atoms with van der Waals surface area (Å²) in [5, 5.41) is 15.4. The largest absolute Gasteiger partial charge is 0.447 e. The van der Waals surface area contributed by atoms with Gasteiger partial charge in [-0.15, -0.1) is 0 Å². The number of piperazine rings is 1. The molecule has 148 valence electrons. The van der Waals surface area contributed by atoms with Crippen molar-refractivity contribution in [2.24, 2.45) is 0 Å². The van der Waals surface area contributed by atoms with E-state index in [0.717, 1.165) is 13.1 Å². The highest BCUT2D eigenvalue weighted by Crippen LogP contribution is 2.34. The zero-order valence-corrected chi connectivity index (χ0v) is 15.4. The van der Waals surface area contributed by atoms with Gasteiger partial charge in [0.15, 0.2) is 5.82 Å². The Morgan fingerprint density at radius 1 is 1.21 bits per heavy atom. The van der Waals surface area contributed by atoms with E-state index in [4.69, 9.17) is 9.26 Å². The zero-order valence-electron chi connectivity index (χ0n) is 15.4. The minimum Gasteiger partial charge on any atom is -0.447 e. The molecule has 1 aromatic heterocycles. The summed E-state index contributed by atoms with van der Waals surface area (Å²) in [4.78, 5) is 32.7. The van der Waals surface area contributed by atoms with Crippen molar-refractivity contribution in [2.45, 2.75) is 13.5 Å². The fourth-order valence-electron chi connectivity index (χ4n) is 3.46. The minimum atomic E-state index is -0.480. The van der Waals surface area contributed by atoms with Crippen LogP contribution in [0.3, 0.4) is 0 Å². The molecular weight excluding hydrogens is 368 g/mol. The molecule has 3 heterocycles. The molecule has 2 aliphatic heterocycles. The number of rotatable bonds is 5. The first kappa shape index (κ1) is 18.2. The lowest BCUT2D eigenvalue weighted by Crippen LogP contribution is -2.46. The lowest BCUT2D eigenvalue weighted by atomic mass is 10.2. The number of nitro benzene ring substituents is 1. The Morgan fingerprint density at radius 3 is 2.61 bits per heavy atom. The quantitative estimate of drug-likeness (QED) is 0.555. The monoisotopic (exact) mass is 388 g/mol. The number of aryl methyl sites for hydroxylation is 1.